The van der Waals surface area contributed by atoms with Gasteiger partial charge in [-0.05, 0) is 42.3 Å². The van der Waals surface area contributed by atoms with Crippen molar-refractivity contribution >= 4 is 51.1 Å². The molecule has 0 N–H and O–H groups in total. The highest BCUT2D eigenvalue weighted by Gasteiger charge is 2.19. The van der Waals surface area contributed by atoms with Gasteiger partial charge >= 0.3 is 0 Å². The minimum Gasteiger partial charge on any atom is -0.454 e. The second-order valence-electron chi connectivity index (χ2n) is 7.17. The number of ether oxygens (including phenoxy) is 2. The quantitative estimate of drug-likeness (QED) is 0.347. The van der Waals surface area contributed by atoms with Crippen molar-refractivity contribution in [3.8, 4) is 11.5 Å². The second-order valence-corrected chi connectivity index (χ2v) is 8.18. The summed E-state index contributed by atoms with van der Waals surface area (Å²) in [5, 5.41) is 0.469. The van der Waals surface area contributed by atoms with Gasteiger partial charge in [0.1, 0.15) is 11.3 Å². The molecule has 0 saturated carbocycles. The monoisotopic (exact) mass is 486 g/mol. The van der Waals surface area contributed by atoms with Crippen LogP contribution in [0.25, 0.3) is 16.3 Å². The summed E-state index contributed by atoms with van der Waals surface area (Å²) in [6.45, 7) is 1.33. The molecule has 0 bridgehead atoms. The van der Waals surface area contributed by atoms with Gasteiger partial charge in [0.05, 0.1) is 11.0 Å². The Kier molecular flexibility index (Phi) is 6.90. The molecule has 0 fully saturated rings. The molecule has 33 heavy (non-hydrogen) atoms. The van der Waals surface area contributed by atoms with E-state index in [1.54, 1.807) is 35.6 Å². The number of para-hydroxylation sites is 1. The first-order valence-electron chi connectivity index (χ1n) is 10.1. The second kappa shape index (κ2) is 10.0. The van der Waals surface area contributed by atoms with Crippen molar-refractivity contribution in [3.05, 3.63) is 72.6 Å². The molecule has 0 aliphatic carbocycles. The van der Waals surface area contributed by atoms with Crippen LogP contribution in [0.4, 0.5) is 9.52 Å². The van der Waals surface area contributed by atoms with Gasteiger partial charge < -0.3 is 14.0 Å². The Morgan fingerprint density at radius 1 is 1.24 bits per heavy atom. The van der Waals surface area contributed by atoms with E-state index in [2.05, 4.69) is 9.97 Å². The minimum absolute atomic E-state index is 0. The summed E-state index contributed by atoms with van der Waals surface area (Å²) in [5.41, 5.74) is 1.09. The van der Waals surface area contributed by atoms with E-state index in [1.165, 1.54) is 23.5 Å². The number of carbonyl (C=O) groups is 1. The molecular weight excluding hydrogens is 467 g/mol. The van der Waals surface area contributed by atoms with Crippen LogP contribution in [0.15, 0.2) is 61.2 Å². The molecule has 1 amide bonds. The summed E-state index contributed by atoms with van der Waals surface area (Å²) in [6, 6.07) is 10.3. The first-order chi connectivity index (χ1) is 15.7. The lowest BCUT2D eigenvalue weighted by atomic mass is 10.2. The van der Waals surface area contributed by atoms with Gasteiger partial charge in [-0.3, -0.25) is 9.69 Å². The number of carbonyl (C=O) groups excluding carboxylic acids is 1. The average molecular weight is 487 g/mol. The lowest BCUT2D eigenvalue weighted by Gasteiger charge is -2.18. The number of hydrogen-bond acceptors (Lipinski definition) is 6. The fourth-order valence-electron chi connectivity index (χ4n) is 3.42. The Hall–Kier alpha value is -3.43. The molecule has 4 aromatic rings. The predicted molar refractivity (Wildman–Crippen MR) is 128 cm³/mol. The number of anilines is 1. The molecule has 10 heteroatoms. The van der Waals surface area contributed by atoms with Gasteiger partial charge in [0.2, 0.25) is 6.79 Å². The van der Waals surface area contributed by atoms with Crippen molar-refractivity contribution in [2.24, 2.45) is 0 Å². The Labute approximate surface area is 199 Å². The number of halogens is 2. The number of nitrogens with zero attached hydrogens (tertiary/aromatic N) is 4. The van der Waals surface area contributed by atoms with Crippen LogP contribution in [0.5, 0.6) is 11.5 Å². The molecule has 0 radical (unpaired) electrons. The summed E-state index contributed by atoms with van der Waals surface area (Å²) in [4.78, 5) is 23.2. The fourth-order valence-corrected chi connectivity index (χ4v) is 4.43. The van der Waals surface area contributed by atoms with E-state index in [0.29, 0.717) is 40.8 Å². The van der Waals surface area contributed by atoms with Crippen LogP contribution in [0.3, 0.4) is 0 Å². The zero-order valence-corrected chi connectivity index (χ0v) is 19.0. The standard InChI is InChI=1S/C23H19FN4O3S.ClH/c24-17-3-1-4-20-22(17)26-23(32-20)28(11-2-10-27-12-9-25-14-27)21(29)8-6-16-5-7-18-19(13-16)31-15-30-18;/h1,3-9,12-14H,2,10-11,15H2;1H/b8-6+;. The lowest BCUT2D eigenvalue weighted by Crippen LogP contribution is -2.30. The Morgan fingerprint density at radius 3 is 2.94 bits per heavy atom. The number of benzene rings is 2. The number of amides is 1. The van der Waals surface area contributed by atoms with Gasteiger partial charge in [0.15, 0.2) is 16.6 Å². The van der Waals surface area contributed by atoms with Crippen molar-refractivity contribution in [3.63, 3.8) is 0 Å². The molecular formula is C23H20ClFN4O3S. The van der Waals surface area contributed by atoms with E-state index < -0.39 is 5.82 Å². The van der Waals surface area contributed by atoms with Crippen LogP contribution >= 0.6 is 23.7 Å². The maximum atomic E-state index is 14.2. The Bertz CT molecular complexity index is 1290. The lowest BCUT2D eigenvalue weighted by molar-refractivity contribution is -0.114. The normalized spacial score (nSPS) is 12.3. The molecule has 5 rings (SSSR count). The van der Waals surface area contributed by atoms with Crippen LogP contribution < -0.4 is 14.4 Å². The molecule has 0 spiro atoms. The summed E-state index contributed by atoms with van der Waals surface area (Å²) in [6.07, 6.45) is 9.24. The molecule has 0 unspecified atom stereocenters. The van der Waals surface area contributed by atoms with E-state index >= 15 is 0 Å². The third-order valence-electron chi connectivity index (χ3n) is 5.03. The molecule has 1 aliphatic heterocycles. The molecule has 0 saturated heterocycles. The van der Waals surface area contributed by atoms with Crippen LogP contribution in [-0.4, -0.2) is 33.8 Å². The number of fused-ring (bicyclic) bond motifs is 2. The maximum absolute atomic E-state index is 14.2. The van der Waals surface area contributed by atoms with Crippen molar-refractivity contribution in [2.45, 2.75) is 13.0 Å². The molecule has 2 aromatic heterocycles. The van der Waals surface area contributed by atoms with Gasteiger partial charge in [0, 0.05) is 31.6 Å². The Morgan fingerprint density at radius 2 is 2.12 bits per heavy atom. The summed E-state index contributed by atoms with van der Waals surface area (Å²) < 4.78 is 27.5. The number of aromatic nitrogens is 3. The highest BCUT2D eigenvalue weighted by molar-refractivity contribution is 7.22. The van der Waals surface area contributed by atoms with Gasteiger partial charge in [0.25, 0.3) is 5.91 Å². The van der Waals surface area contributed by atoms with E-state index in [-0.39, 0.29) is 30.6 Å². The van der Waals surface area contributed by atoms with Crippen molar-refractivity contribution in [1.29, 1.82) is 0 Å². The molecule has 1 aliphatic rings. The summed E-state index contributed by atoms with van der Waals surface area (Å²) in [5.74, 6) is 0.712. The van der Waals surface area contributed by atoms with E-state index in [1.807, 2.05) is 29.0 Å². The zero-order chi connectivity index (χ0) is 21.9. The maximum Gasteiger partial charge on any atom is 0.252 e. The van der Waals surface area contributed by atoms with E-state index in [9.17, 15) is 9.18 Å². The number of imidazole rings is 1. The van der Waals surface area contributed by atoms with Crippen LogP contribution in [-0.2, 0) is 11.3 Å². The number of thiazole rings is 1. The van der Waals surface area contributed by atoms with E-state index in [4.69, 9.17) is 9.47 Å². The van der Waals surface area contributed by atoms with Crippen LogP contribution in [0, 0.1) is 5.82 Å². The average Bonchev–Trinajstić information content (AvgIpc) is 3.55. The van der Waals surface area contributed by atoms with E-state index in [0.717, 1.165) is 5.56 Å². The highest BCUT2D eigenvalue weighted by Crippen LogP contribution is 2.33. The zero-order valence-electron chi connectivity index (χ0n) is 17.4. The van der Waals surface area contributed by atoms with Crippen LogP contribution in [0.1, 0.15) is 12.0 Å². The topological polar surface area (TPSA) is 69.5 Å². The van der Waals surface area contributed by atoms with Gasteiger partial charge in [-0.2, -0.15) is 0 Å². The molecule has 2 aromatic carbocycles. The predicted octanol–water partition coefficient (Wildman–Crippen LogP) is 4.92. The van der Waals surface area contributed by atoms with Gasteiger partial charge in [-0.15, -0.1) is 12.4 Å². The fraction of sp³-hybridized carbons (Fsp3) is 0.174. The van der Waals surface area contributed by atoms with Crippen molar-refractivity contribution in [1.82, 2.24) is 14.5 Å². The molecule has 0 atom stereocenters. The summed E-state index contributed by atoms with van der Waals surface area (Å²) >= 11 is 1.30. The number of hydrogen-bond donors (Lipinski definition) is 0. The first kappa shape index (κ1) is 22.8. The first-order valence-corrected chi connectivity index (χ1v) is 10.9. The third-order valence-corrected chi connectivity index (χ3v) is 6.07. The number of rotatable bonds is 7. The molecule has 3 heterocycles. The number of aryl methyl sites for hydroxylation is 1. The summed E-state index contributed by atoms with van der Waals surface area (Å²) in [7, 11) is 0. The third kappa shape index (κ3) is 4.99. The SMILES string of the molecule is Cl.O=C(/C=C/c1ccc2c(c1)OCO2)N(CCCn1ccnc1)c1nc2c(F)cccc2s1. The largest absolute Gasteiger partial charge is 0.454 e. The Balaban J connectivity index is 0.00000259. The van der Waals surface area contributed by atoms with Crippen molar-refractivity contribution < 1.29 is 18.7 Å². The molecule has 170 valence electrons. The smallest absolute Gasteiger partial charge is 0.252 e. The highest BCUT2D eigenvalue weighted by atomic mass is 35.5. The van der Waals surface area contributed by atoms with Crippen LogP contribution in [0.2, 0.25) is 0 Å². The molecule has 7 nitrogen and oxygen atoms in total. The van der Waals surface area contributed by atoms with Gasteiger partial charge in [-0.1, -0.05) is 23.5 Å². The van der Waals surface area contributed by atoms with Gasteiger partial charge in [-0.25, -0.2) is 14.4 Å². The minimum atomic E-state index is -0.397. The van der Waals surface area contributed by atoms with Crippen molar-refractivity contribution in [2.75, 3.05) is 18.2 Å².